The first-order chi connectivity index (χ1) is 17.4. The standard InChI is InChI=1S/C26H26N4O4S2/c1-5-30-23(18-8-6-16(2)7-9-18)28-29-26(30)36-15-21(31)27-24-22(25(32)34-4)20(14-35-24)17-10-12-19(33-3)13-11-17/h6-14H,5,15H2,1-4H3,(H,27,31). The van der Waals surface area contributed by atoms with Crippen molar-refractivity contribution in [1.82, 2.24) is 14.8 Å². The quantitative estimate of drug-likeness (QED) is 0.228. The minimum atomic E-state index is -0.515. The van der Waals surface area contributed by atoms with E-state index < -0.39 is 5.97 Å². The predicted molar refractivity (Wildman–Crippen MR) is 143 cm³/mol. The largest absolute Gasteiger partial charge is 0.497 e. The van der Waals surface area contributed by atoms with Gasteiger partial charge in [-0.2, -0.15) is 0 Å². The molecule has 36 heavy (non-hydrogen) atoms. The Morgan fingerprint density at radius 1 is 1.03 bits per heavy atom. The van der Waals surface area contributed by atoms with E-state index in [1.807, 2.05) is 72.3 Å². The van der Waals surface area contributed by atoms with Crippen molar-refractivity contribution >= 4 is 40.0 Å². The molecule has 4 aromatic rings. The second-order valence-electron chi connectivity index (χ2n) is 7.83. The zero-order valence-corrected chi connectivity index (χ0v) is 22.0. The fraction of sp³-hybridized carbons (Fsp3) is 0.231. The second-order valence-corrected chi connectivity index (χ2v) is 9.65. The number of rotatable bonds is 9. The number of esters is 1. The summed E-state index contributed by atoms with van der Waals surface area (Å²) in [5, 5.41) is 14.4. The molecule has 0 aliphatic heterocycles. The number of carbonyl (C=O) groups is 2. The number of amides is 1. The fourth-order valence-electron chi connectivity index (χ4n) is 3.63. The maximum atomic E-state index is 12.8. The van der Waals surface area contributed by atoms with Crippen LogP contribution in [0.1, 0.15) is 22.8 Å². The molecule has 0 fully saturated rings. The number of thiophene rings is 1. The summed E-state index contributed by atoms with van der Waals surface area (Å²) in [6.45, 7) is 4.72. The Morgan fingerprint density at radius 2 is 1.72 bits per heavy atom. The van der Waals surface area contributed by atoms with Gasteiger partial charge < -0.3 is 19.4 Å². The van der Waals surface area contributed by atoms with Gasteiger partial charge in [0, 0.05) is 23.1 Å². The topological polar surface area (TPSA) is 95.3 Å². The highest BCUT2D eigenvalue weighted by atomic mass is 32.2. The lowest BCUT2D eigenvalue weighted by molar-refractivity contribution is -0.113. The molecule has 0 bridgehead atoms. The Hall–Kier alpha value is -3.63. The SMILES string of the molecule is CCn1c(SCC(=O)Nc2scc(-c3ccc(OC)cc3)c2C(=O)OC)nnc1-c1ccc(C)cc1. The number of anilines is 1. The number of nitrogens with zero attached hydrogens (tertiary/aromatic N) is 3. The number of benzene rings is 2. The average Bonchev–Trinajstić information content (AvgIpc) is 3.51. The molecule has 8 nitrogen and oxygen atoms in total. The molecule has 186 valence electrons. The highest BCUT2D eigenvalue weighted by Gasteiger charge is 2.23. The third-order valence-electron chi connectivity index (χ3n) is 5.51. The molecule has 4 rings (SSSR count). The van der Waals surface area contributed by atoms with E-state index in [1.165, 1.54) is 35.8 Å². The summed E-state index contributed by atoms with van der Waals surface area (Å²) >= 11 is 2.58. The minimum Gasteiger partial charge on any atom is -0.497 e. The highest BCUT2D eigenvalue weighted by molar-refractivity contribution is 7.99. The van der Waals surface area contributed by atoms with Crippen LogP contribution in [0.3, 0.4) is 0 Å². The van der Waals surface area contributed by atoms with Gasteiger partial charge in [-0.3, -0.25) is 4.79 Å². The van der Waals surface area contributed by atoms with Crippen molar-refractivity contribution in [2.75, 3.05) is 25.3 Å². The summed E-state index contributed by atoms with van der Waals surface area (Å²) in [7, 11) is 2.92. The van der Waals surface area contributed by atoms with E-state index in [1.54, 1.807) is 7.11 Å². The molecule has 1 amide bonds. The van der Waals surface area contributed by atoms with Crippen LogP contribution >= 0.6 is 23.1 Å². The fourth-order valence-corrected chi connectivity index (χ4v) is 5.40. The number of thioether (sulfide) groups is 1. The molecule has 0 aliphatic carbocycles. The zero-order chi connectivity index (χ0) is 25.7. The molecule has 0 unspecified atom stereocenters. The molecule has 2 heterocycles. The lowest BCUT2D eigenvalue weighted by atomic mass is 10.0. The van der Waals surface area contributed by atoms with Crippen molar-refractivity contribution in [3.63, 3.8) is 0 Å². The van der Waals surface area contributed by atoms with Gasteiger partial charge in [-0.05, 0) is 31.5 Å². The van der Waals surface area contributed by atoms with Crippen LogP contribution in [0, 0.1) is 6.92 Å². The van der Waals surface area contributed by atoms with Gasteiger partial charge in [0.2, 0.25) is 5.91 Å². The molecular weight excluding hydrogens is 496 g/mol. The van der Waals surface area contributed by atoms with E-state index in [0.29, 0.717) is 33.6 Å². The van der Waals surface area contributed by atoms with Gasteiger partial charge in [-0.1, -0.05) is 53.7 Å². The van der Waals surface area contributed by atoms with Crippen LogP contribution in [-0.4, -0.2) is 46.6 Å². The van der Waals surface area contributed by atoms with Crippen LogP contribution < -0.4 is 10.1 Å². The molecule has 0 saturated heterocycles. The van der Waals surface area contributed by atoms with Crippen LogP contribution in [0.2, 0.25) is 0 Å². The number of hydrogen-bond donors (Lipinski definition) is 1. The van der Waals surface area contributed by atoms with E-state index in [9.17, 15) is 9.59 Å². The maximum absolute atomic E-state index is 12.8. The number of aryl methyl sites for hydroxylation is 1. The third kappa shape index (κ3) is 5.44. The van der Waals surface area contributed by atoms with E-state index in [0.717, 1.165) is 17.0 Å². The van der Waals surface area contributed by atoms with Crippen LogP contribution in [0.4, 0.5) is 5.00 Å². The van der Waals surface area contributed by atoms with Gasteiger partial charge in [-0.25, -0.2) is 4.79 Å². The summed E-state index contributed by atoms with van der Waals surface area (Å²) in [5.41, 5.74) is 3.97. The molecule has 0 spiro atoms. The van der Waals surface area contributed by atoms with Crippen molar-refractivity contribution in [3.8, 4) is 28.3 Å². The van der Waals surface area contributed by atoms with Crippen LogP contribution in [0.5, 0.6) is 5.75 Å². The first-order valence-corrected chi connectivity index (χ1v) is 13.1. The van der Waals surface area contributed by atoms with Gasteiger partial charge in [0.1, 0.15) is 16.3 Å². The number of ether oxygens (including phenoxy) is 2. The molecule has 2 aromatic carbocycles. The third-order valence-corrected chi connectivity index (χ3v) is 7.37. The summed E-state index contributed by atoms with van der Waals surface area (Å²) in [5.74, 6) is 0.817. The number of methoxy groups -OCH3 is 2. The van der Waals surface area contributed by atoms with Crippen LogP contribution in [0.15, 0.2) is 59.1 Å². The minimum absolute atomic E-state index is 0.114. The molecule has 0 saturated carbocycles. The number of hydrogen-bond acceptors (Lipinski definition) is 8. The summed E-state index contributed by atoms with van der Waals surface area (Å²) in [6, 6.07) is 15.4. The van der Waals surface area contributed by atoms with Crippen molar-refractivity contribution in [2.45, 2.75) is 25.5 Å². The van der Waals surface area contributed by atoms with Crippen molar-refractivity contribution in [3.05, 3.63) is 65.0 Å². The zero-order valence-electron chi connectivity index (χ0n) is 20.4. The number of nitrogens with one attached hydrogen (secondary N) is 1. The molecular formula is C26H26N4O4S2. The van der Waals surface area contributed by atoms with E-state index in [4.69, 9.17) is 9.47 Å². The first kappa shape index (κ1) is 25.5. The molecule has 0 atom stereocenters. The van der Waals surface area contributed by atoms with Crippen molar-refractivity contribution in [1.29, 1.82) is 0 Å². The van der Waals surface area contributed by atoms with Gasteiger partial charge >= 0.3 is 5.97 Å². The highest BCUT2D eigenvalue weighted by Crippen LogP contribution is 2.37. The Morgan fingerprint density at radius 3 is 2.36 bits per heavy atom. The smallest absolute Gasteiger partial charge is 0.341 e. The van der Waals surface area contributed by atoms with Crippen molar-refractivity contribution in [2.24, 2.45) is 0 Å². The molecule has 10 heteroatoms. The summed E-state index contributed by atoms with van der Waals surface area (Å²) in [4.78, 5) is 25.4. The average molecular weight is 523 g/mol. The van der Waals surface area contributed by atoms with Gasteiger partial charge in [0.25, 0.3) is 0 Å². The Bertz CT molecular complexity index is 1360. The van der Waals surface area contributed by atoms with Gasteiger partial charge in [0.15, 0.2) is 11.0 Å². The monoisotopic (exact) mass is 522 g/mol. The normalized spacial score (nSPS) is 10.8. The predicted octanol–water partition coefficient (Wildman–Crippen LogP) is 5.53. The van der Waals surface area contributed by atoms with Gasteiger partial charge in [-0.15, -0.1) is 21.5 Å². The molecule has 0 aliphatic rings. The van der Waals surface area contributed by atoms with Gasteiger partial charge in [0.05, 0.1) is 20.0 Å². The van der Waals surface area contributed by atoms with E-state index >= 15 is 0 Å². The number of aromatic nitrogens is 3. The maximum Gasteiger partial charge on any atom is 0.341 e. The number of carbonyl (C=O) groups excluding carboxylic acids is 2. The lowest BCUT2D eigenvalue weighted by Crippen LogP contribution is -2.16. The Kier molecular flexibility index (Phi) is 8.07. The first-order valence-electron chi connectivity index (χ1n) is 11.2. The molecule has 1 N–H and O–H groups in total. The second kappa shape index (κ2) is 11.4. The summed E-state index contributed by atoms with van der Waals surface area (Å²) in [6.07, 6.45) is 0. The molecule has 2 aromatic heterocycles. The van der Waals surface area contributed by atoms with Crippen molar-refractivity contribution < 1.29 is 19.1 Å². The Labute approximate surface area is 217 Å². The summed E-state index contributed by atoms with van der Waals surface area (Å²) < 4.78 is 12.2. The molecule has 0 radical (unpaired) electrons. The van der Waals surface area contributed by atoms with Crippen LogP contribution in [-0.2, 0) is 16.1 Å². The lowest BCUT2D eigenvalue weighted by Gasteiger charge is -2.09. The Balaban J connectivity index is 1.50. The van der Waals surface area contributed by atoms with Crippen LogP contribution in [0.25, 0.3) is 22.5 Å². The van der Waals surface area contributed by atoms with E-state index in [-0.39, 0.29) is 11.7 Å². The van der Waals surface area contributed by atoms with E-state index in [2.05, 4.69) is 15.5 Å².